The van der Waals surface area contributed by atoms with Crippen LogP contribution in [0.25, 0.3) is 0 Å². The highest BCUT2D eigenvalue weighted by Crippen LogP contribution is 2.50. The Morgan fingerprint density at radius 3 is 2.52 bits per heavy atom. The second kappa shape index (κ2) is 8.07. The third kappa shape index (κ3) is 3.60. The van der Waals surface area contributed by atoms with Crippen molar-refractivity contribution in [3.8, 4) is 11.5 Å². The molecule has 29 heavy (non-hydrogen) atoms. The Morgan fingerprint density at radius 1 is 1.03 bits per heavy atom. The number of fused-ring (bicyclic) bond motifs is 1. The molecule has 2 fully saturated rings. The first kappa shape index (κ1) is 19.8. The Morgan fingerprint density at radius 2 is 1.79 bits per heavy atom. The van der Waals surface area contributed by atoms with Crippen molar-refractivity contribution in [1.29, 1.82) is 0 Å². The highest BCUT2D eigenvalue weighted by Gasteiger charge is 2.50. The van der Waals surface area contributed by atoms with Crippen molar-refractivity contribution >= 4 is 5.91 Å². The van der Waals surface area contributed by atoms with Crippen LogP contribution in [0.4, 0.5) is 0 Å². The average Bonchev–Trinajstić information content (AvgIpc) is 2.77. The predicted molar refractivity (Wildman–Crippen MR) is 111 cm³/mol. The maximum absolute atomic E-state index is 13.6. The summed E-state index contributed by atoms with van der Waals surface area (Å²) >= 11 is 0. The van der Waals surface area contributed by atoms with Crippen LogP contribution in [0.15, 0.2) is 48.5 Å². The minimum Gasteiger partial charge on any atom is -0.497 e. The third-order valence-corrected chi connectivity index (χ3v) is 6.62. The lowest BCUT2D eigenvalue weighted by Crippen LogP contribution is -2.56. The van der Waals surface area contributed by atoms with Crippen LogP contribution < -0.4 is 9.47 Å². The number of methoxy groups -OCH3 is 2. The van der Waals surface area contributed by atoms with Gasteiger partial charge in [0.15, 0.2) is 0 Å². The monoisotopic (exact) mass is 395 g/mol. The summed E-state index contributed by atoms with van der Waals surface area (Å²) in [5.74, 6) is 1.34. The molecule has 1 aliphatic heterocycles. The first-order valence-corrected chi connectivity index (χ1v) is 10.4. The molecule has 5 heteroatoms. The third-order valence-electron chi connectivity index (χ3n) is 6.62. The number of ether oxygens (including phenoxy) is 2. The standard InChI is InChI=1S/C24H29NO4/c1-28-18-12-10-17(11-13-18)22-20-8-5-6-14-24(20,27)15-16-25(22)23(26)19-7-3-4-9-21(19)29-2/h3-4,7,9-13,20,22,27H,5-6,8,14-16H2,1-2H3/t20-,22-,24-/m0/s1. The molecular formula is C24H29NO4. The zero-order chi connectivity index (χ0) is 20.4. The summed E-state index contributed by atoms with van der Waals surface area (Å²) in [6.07, 6.45) is 4.47. The summed E-state index contributed by atoms with van der Waals surface area (Å²) in [6, 6.07) is 15.1. The first-order valence-electron chi connectivity index (χ1n) is 10.4. The summed E-state index contributed by atoms with van der Waals surface area (Å²) in [5.41, 5.74) is 0.897. The highest BCUT2D eigenvalue weighted by atomic mass is 16.5. The molecule has 1 amide bonds. The van der Waals surface area contributed by atoms with Crippen molar-refractivity contribution < 1.29 is 19.4 Å². The Kier molecular flexibility index (Phi) is 5.50. The number of hydrogen-bond acceptors (Lipinski definition) is 4. The molecule has 1 saturated heterocycles. The molecule has 154 valence electrons. The van der Waals surface area contributed by atoms with Gasteiger partial charge in [0.05, 0.1) is 31.4 Å². The smallest absolute Gasteiger partial charge is 0.258 e. The molecule has 1 saturated carbocycles. The Hall–Kier alpha value is -2.53. The van der Waals surface area contributed by atoms with E-state index in [-0.39, 0.29) is 17.9 Å². The van der Waals surface area contributed by atoms with E-state index < -0.39 is 5.60 Å². The number of amides is 1. The number of likely N-dealkylation sites (tertiary alicyclic amines) is 1. The van der Waals surface area contributed by atoms with Gasteiger partial charge in [-0.1, -0.05) is 37.1 Å². The van der Waals surface area contributed by atoms with Gasteiger partial charge in [-0.25, -0.2) is 0 Å². The predicted octanol–water partition coefficient (Wildman–Crippen LogP) is 4.21. The van der Waals surface area contributed by atoms with Crippen LogP contribution in [0.5, 0.6) is 11.5 Å². The molecule has 0 bridgehead atoms. The van der Waals surface area contributed by atoms with Crippen molar-refractivity contribution in [2.75, 3.05) is 20.8 Å². The van der Waals surface area contributed by atoms with Crippen molar-refractivity contribution in [3.05, 3.63) is 59.7 Å². The lowest BCUT2D eigenvalue weighted by molar-refractivity contribution is -0.115. The second-order valence-electron chi connectivity index (χ2n) is 8.12. The number of para-hydroxylation sites is 1. The van der Waals surface area contributed by atoms with Crippen LogP contribution >= 0.6 is 0 Å². The highest BCUT2D eigenvalue weighted by molar-refractivity contribution is 5.97. The maximum Gasteiger partial charge on any atom is 0.258 e. The van der Waals surface area contributed by atoms with Gasteiger partial charge < -0.3 is 19.5 Å². The van der Waals surface area contributed by atoms with Crippen molar-refractivity contribution in [2.24, 2.45) is 5.92 Å². The van der Waals surface area contributed by atoms with E-state index in [9.17, 15) is 9.90 Å². The van der Waals surface area contributed by atoms with Gasteiger partial charge in [0.25, 0.3) is 5.91 Å². The average molecular weight is 395 g/mol. The maximum atomic E-state index is 13.6. The van der Waals surface area contributed by atoms with Crippen molar-refractivity contribution in [1.82, 2.24) is 4.90 Å². The van der Waals surface area contributed by atoms with Crippen LogP contribution in [0.3, 0.4) is 0 Å². The molecule has 1 N–H and O–H groups in total. The summed E-state index contributed by atoms with van der Waals surface area (Å²) in [4.78, 5) is 15.5. The van der Waals surface area contributed by atoms with Crippen LogP contribution in [0.1, 0.15) is 54.1 Å². The fraction of sp³-hybridized carbons (Fsp3) is 0.458. The largest absolute Gasteiger partial charge is 0.497 e. The molecule has 0 aromatic heterocycles. The Bertz CT molecular complexity index is 865. The van der Waals surface area contributed by atoms with E-state index in [1.165, 1.54) is 0 Å². The molecular weight excluding hydrogens is 366 g/mol. The van der Waals surface area contributed by atoms with Gasteiger partial charge in [0.2, 0.25) is 0 Å². The van der Waals surface area contributed by atoms with Crippen molar-refractivity contribution in [2.45, 2.75) is 43.7 Å². The molecule has 1 heterocycles. The van der Waals surface area contributed by atoms with E-state index in [2.05, 4.69) is 0 Å². The van der Waals surface area contributed by atoms with Gasteiger partial charge in [-0.15, -0.1) is 0 Å². The molecule has 5 nitrogen and oxygen atoms in total. The number of nitrogens with zero attached hydrogens (tertiary/aromatic N) is 1. The molecule has 4 rings (SSSR count). The van der Waals surface area contributed by atoms with Gasteiger partial charge in [-0.05, 0) is 49.1 Å². The molecule has 0 spiro atoms. The van der Waals surface area contributed by atoms with Crippen molar-refractivity contribution in [3.63, 3.8) is 0 Å². The summed E-state index contributed by atoms with van der Waals surface area (Å²) in [6.45, 7) is 0.528. The van der Waals surface area contributed by atoms with Gasteiger partial charge in [-0.2, -0.15) is 0 Å². The fourth-order valence-corrected chi connectivity index (χ4v) is 5.10. The molecule has 2 aliphatic rings. The number of carbonyl (C=O) groups excluding carboxylic acids is 1. The number of aliphatic hydroxyl groups is 1. The number of piperidine rings is 1. The number of rotatable bonds is 4. The quantitative estimate of drug-likeness (QED) is 0.842. The van der Waals surface area contributed by atoms with Crippen LogP contribution in [0, 0.1) is 5.92 Å². The molecule has 3 atom stereocenters. The van der Waals surface area contributed by atoms with E-state index in [1.807, 2.05) is 53.4 Å². The minimum absolute atomic E-state index is 0.0250. The SMILES string of the molecule is COc1ccc([C@H]2[C@@H]3CCCC[C@]3(O)CCN2C(=O)c2ccccc2OC)cc1. The van der Waals surface area contributed by atoms with E-state index in [0.29, 0.717) is 24.3 Å². The van der Waals surface area contributed by atoms with Gasteiger partial charge in [0.1, 0.15) is 11.5 Å². The van der Waals surface area contributed by atoms with E-state index in [1.54, 1.807) is 14.2 Å². The van der Waals surface area contributed by atoms with Crippen LogP contribution in [-0.2, 0) is 0 Å². The number of carbonyl (C=O) groups is 1. The number of benzene rings is 2. The summed E-state index contributed by atoms with van der Waals surface area (Å²) in [7, 11) is 3.23. The normalized spacial score (nSPS) is 26.5. The topological polar surface area (TPSA) is 59.0 Å². The van der Waals surface area contributed by atoms with Gasteiger partial charge in [0, 0.05) is 12.5 Å². The Labute approximate surface area is 172 Å². The number of hydrogen-bond donors (Lipinski definition) is 1. The zero-order valence-corrected chi connectivity index (χ0v) is 17.1. The zero-order valence-electron chi connectivity index (χ0n) is 17.1. The van der Waals surface area contributed by atoms with E-state index in [4.69, 9.17) is 9.47 Å². The first-order chi connectivity index (χ1) is 14.1. The molecule has 0 unspecified atom stereocenters. The lowest BCUT2D eigenvalue weighted by Gasteiger charge is -2.52. The van der Waals surface area contributed by atoms with E-state index in [0.717, 1.165) is 37.0 Å². The molecule has 2 aromatic carbocycles. The molecule has 1 aliphatic carbocycles. The molecule has 0 radical (unpaired) electrons. The molecule has 2 aromatic rings. The van der Waals surface area contributed by atoms with Crippen LogP contribution in [0.2, 0.25) is 0 Å². The lowest BCUT2D eigenvalue weighted by atomic mass is 9.66. The second-order valence-corrected chi connectivity index (χ2v) is 8.12. The fourth-order valence-electron chi connectivity index (χ4n) is 5.10. The van der Waals surface area contributed by atoms with Gasteiger partial charge >= 0.3 is 0 Å². The van der Waals surface area contributed by atoms with Crippen LogP contribution in [-0.4, -0.2) is 42.3 Å². The van der Waals surface area contributed by atoms with Gasteiger partial charge in [-0.3, -0.25) is 4.79 Å². The minimum atomic E-state index is -0.708. The summed E-state index contributed by atoms with van der Waals surface area (Å²) in [5, 5.41) is 11.4. The van der Waals surface area contributed by atoms with E-state index >= 15 is 0 Å². The summed E-state index contributed by atoms with van der Waals surface area (Å²) < 4.78 is 10.8. The Balaban J connectivity index is 1.75.